The summed E-state index contributed by atoms with van der Waals surface area (Å²) in [5.41, 5.74) is 1.64. The van der Waals surface area contributed by atoms with E-state index in [0.717, 1.165) is 24.3 Å². The maximum absolute atomic E-state index is 13.5. The second-order valence-electron chi connectivity index (χ2n) is 5.34. The second-order valence-corrected chi connectivity index (χ2v) is 5.34. The number of rotatable bonds is 8. The van der Waals surface area contributed by atoms with Gasteiger partial charge in [0.2, 0.25) is 0 Å². The number of hydrogen-bond donors (Lipinski definition) is 2. The normalized spacial score (nSPS) is 12.1. The molecule has 118 valence electrons. The lowest BCUT2D eigenvalue weighted by atomic mass is 10.2. The van der Waals surface area contributed by atoms with Crippen LogP contribution in [0.4, 0.5) is 4.39 Å². The van der Waals surface area contributed by atoms with E-state index < -0.39 is 0 Å². The molecule has 0 bridgehead atoms. The summed E-state index contributed by atoms with van der Waals surface area (Å²) in [4.78, 5) is 0. The lowest BCUT2D eigenvalue weighted by molar-refractivity contribution is 0.183. The van der Waals surface area contributed by atoms with Crippen LogP contribution in [-0.4, -0.2) is 17.8 Å². The van der Waals surface area contributed by atoms with E-state index in [9.17, 15) is 9.50 Å². The van der Waals surface area contributed by atoms with Crippen molar-refractivity contribution in [3.05, 3.63) is 65.5 Å². The molecule has 0 amide bonds. The van der Waals surface area contributed by atoms with Crippen LogP contribution in [0.3, 0.4) is 0 Å². The monoisotopic (exact) mass is 303 g/mol. The van der Waals surface area contributed by atoms with E-state index in [1.54, 1.807) is 25.1 Å². The molecule has 0 aromatic heterocycles. The van der Waals surface area contributed by atoms with Crippen LogP contribution in [0.15, 0.2) is 48.5 Å². The Morgan fingerprint density at radius 1 is 1.18 bits per heavy atom. The van der Waals surface area contributed by atoms with Crippen molar-refractivity contribution in [1.82, 2.24) is 5.32 Å². The van der Waals surface area contributed by atoms with Crippen molar-refractivity contribution < 1.29 is 14.2 Å². The van der Waals surface area contributed by atoms with Gasteiger partial charge >= 0.3 is 0 Å². The molecule has 0 radical (unpaired) electrons. The van der Waals surface area contributed by atoms with Gasteiger partial charge in [0.1, 0.15) is 18.2 Å². The molecule has 0 saturated heterocycles. The standard InChI is InChI=1S/C18H22FNO2/c1-14(21)9-10-20-12-15-5-4-7-17(11-15)22-13-16-6-2-3-8-18(16)19/h2-8,11,14,20-21H,9-10,12-13H2,1H3. The topological polar surface area (TPSA) is 41.5 Å². The maximum atomic E-state index is 13.5. The predicted molar refractivity (Wildman–Crippen MR) is 85.2 cm³/mol. The van der Waals surface area contributed by atoms with Gasteiger partial charge in [-0.05, 0) is 43.7 Å². The highest BCUT2D eigenvalue weighted by atomic mass is 19.1. The van der Waals surface area contributed by atoms with Crippen LogP contribution in [-0.2, 0) is 13.2 Å². The van der Waals surface area contributed by atoms with E-state index in [0.29, 0.717) is 12.1 Å². The Morgan fingerprint density at radius 2 is 2.00 bits per heavy atom. The lowest BCUT2D eigenvalue weighted by Crippen LogP contribution is -2.18. The number of nitrogens with one attached hydrogen (secondary N) is 1. The van der Waals surface area contributed by atoms with E-state index in [2.05, 4.69) is 5.32 Å². The number of aliphatic hydroxyl groups excluding tert-OH is 1. The van der Waals surface area contributed by atoms with Crippen molar-refractivity contribution in [2.75, 3.05) is 6.54 Å². The molecular formula is C18H22FNO2. The van der Waals surface area contributed by atoms with Crippen LogP contribution in [0, 0.1) is 5.82 Å². The number of hydrogen-bond acceptors (Lipinski definition) is 3. The van der Waals surface area contributed by atoms with E-state index in [1.807, 2.05) is 24.3 Å². The third kappa shape index (κ3) is 5.47. The van der Waals surface area contributed by atoms with Gasteiger partial charge in [-0.2, -0.15) is 0 Å². The van der Waals surface area contributed by atoms with Gasteiger partial charge in [-0.15, -0.1) is 0 Å². The van der Waals surface area contributed by atoms with Crippen molar-refractivity contribution in [3.63, 3.8) is 0 Å². The third-order valence-corrected chi connectivity index (χ3v) is 3.32. The van der Waals surface area contributed by atoms with Crippen LogP contribution in [0.2, 0.25) is 0 Å². The van der Waals surface area contributed by atoms with Gasteiger partial charge in [-0.25, -0.2) is 4.39 Å². The van der Waals surface area contributed by atoms with Gasteiger partial charge in [0.25, 0.3) is 0 Å². The molecule has 2 N–H and O–H groups in total. The summed E-state index contributed by atoms with van der Waals surface area (Å²) in [6, 6.07) is 14.3. The fraction of sp³-hybridized carbons (Fsp3) is 0.333. The first kappa shape index (κ1) is 16.5. The average molecular weight is 303 g/mol. The van der Waals surface area contributed by atoms with E-state index in [1.165, 1.54) is 6.07 Å². The van der Waals surface area contributed by atoms with Crippen LogP contribution in [0.5, 0.6) is 5.75 Å². The molecule has 0 aliphatic carbocycles. The summed E-state index contributed by atoms with van der Waals surface area (Å²) < 4.78 is 19.2. The van der Waals surface area contributed by atoms with Crippen molar-refractivity contribution in [1.29, 1.82) is 0 Å². The van der Waals surface area contributed by atoms with Crippen molar-refractivity contribution in [3.8, 4) is 5.75 Å². The van der Waals surface area contributed by atoms with Gasteiger partial charge in [0.15, 0.2) is 0 Å². The fourth-order valence-corrected chi connectivity index (χ4v) is 2.07. The van der Waals surface area contributed by atoms with Crippen LogP contribution >= 0.6 is 0 Å². The highest BCUT2D eigenvalue weighted by Crippen LogP contribution is 2.16. The molecule has 0 saturated carbocycles. The highest BCUT2D eigenvalue weighted by Gasteiger charge is 2.03. The molecule has 3 nitrogen and oxygen atoms in total. The number of ether oxygens (including phenoxy) is 1. The maximum Gasteiger partial charge on any atom is 0.129 e. The Labute approximate surface area is 130 Å². The molecule has 0 spiro atoms. The Balaban J connectivity index is 1.85. The summed E-state index contributed by atoms with van der Waals surface area (Å²) in [6.07, 6.45) is 0.437. The van der Waals surface area contributed by atoms with E-state index in [-0.39, 0.29) is 18.5 Å². The zero-order chi connectivity index (χ0) is 15.8. The van der Waals surface area contributed by atoms with Gasteiger partial charge in [0.05, 0.1) is 6.10 Å². The molecule has 1 unspecified atom stereocenters. The molecule has 0 fully saturated rings. The van der Waals surface area contributed by atoms with Crippen molar-refractivity contribution in [2.24, 2.45) is 0 Å². The highest BCUT2D eigenvalue weighted by molar-refractivity contribution is 5.29. The summed E-state index contributed by atoms with van der Waals surface area (Å²) in [5, 5.41) is 12.5. The molecule has 1 atom stereocenters. The van der Waals surface area contributed by atoms with Crippen LogP contribution < -0.4 is 10.1 Å². The van der Waals surface area contributed by atoms with Crippen LogP contribution in [0.1, 0.15) is 24.5 Å². The fourth-order valence-electron chi connectivity index (χ4n) is 2.07. The quantitative estimate of drug-likeness (QED) is 0.736. The molecule has 4 heteroatoms. The summed E-state index contributed by atoms with van der Waals surface area (Å²) in [6.45, 7) is 3.46. The van der Waals surface area contributed by atoms with Crippen molar-refractivity contribution >= 4 is 0 Å². The Morgan fingerprint density at radius 3 is 2.77 bits per heavy atom. The molecule has 22 heavy (non-hydrogen) atoms. The van der Waals surface area contributed by atoms with Gasteiger partial charge < -0.3 is 15.2 Å². The molecule has 2 aromatic carbocycles. The number of halogens is 1. The van der Waals surface area contributed by atoms with Gasteiger partial charge in [0, 0.05) is 12.1 Å². The summed E-state index contributed by atoms with van der Waals surface area (Å²) in [7, 11) is 0. The first-order chi connectivity index (χ1) is 10.6. The van der Waals surface area contributed by atoms with Gasteiger partial charge in [-0.1, -0.05) is 30.3 Å². The zero-order valence-corrected chi connectivity index (χ0v) is 12.8. The van der Waals surface area contributed by atoms with Gasteiger partial charge in [-0.3, -0.25) is 0 Å². The van der Waals surface area contributed by atoms with Crippen LogP contribution in [0.25, 0.3) is 0 Å². The van der Waals surface area contributed by atoms with E-state index in [4.69, 9.17) is 4.74 Å². The molecule has 0 aliphatic heterocycles. The average Bonchev–Trinajstić information content (AvgIpc) is 2.51. The zero-order valence-electron chi connectivity index (χ0n) is 12.8. The minimum Gasteiger partial charge on any atom is -0.489 e. The molecular weight excluding hydrogens is 281 g/mol. The molecule has 2 aromatic rings. The Kier molecular flexibility index (Phi) is 6.37. The third-order valence-electron chi connectivity index (χ3n) is 3.32. The summed E-state index contributed by atoms with van der Waals surface area (Å²) >= 11 is 0. The van der Waals surface area contributed by atoms with E-state index >= 15 is 0 Å². The number of benzene rings is 2. The summed E-state index contributed by atoms with van der Waals surface area (Å²) in [5.74, 6) is 0.469. The number of aliphatic hydroxyl groups is 1. The van der Waals surface area contributed by atoms with Crippen molar-refractivity contribution in [2.45, 2.75) is 32.6 Å². The predicted octanol–water partition coefficient (Wildman–Crippen LogP) is 3.27. The Bertz CT molecular complexity index is 587. The molecule has 2 rings (SSSR count). The first-order valence-corrected chi connectivity index (χ1v) is 7.49. The lowest BCUT2D eigenvalue weighted by Gasteiger charge is -2.10. The molecule has 0 heterocycles. The molecule has 0 aliphatic rings. The minimum atomic E-state index is -0.289. The second kappa shape index (κ2) is 8.51. The smallest absolute Gasteiger partial charge is 0.129 e. The largest absolute Gasteiger partial charge is 0.489 e. The Hall–Kier alpha value is -1.91. The minimum absolute atomic E-state index is 0.214. The first-order valence-electron chi connectivity index (χ1n) is 7.49. The SMILES string of the molecule is CC(O)CCNCc1cccc(OCc2ccccc2F)c1.